The van der Waals surface area contributed by atoms with E-state index in [0.717, 1.165) is 29.8 Å². The Morgan fingerprint density at radius 2 is 2.10 bits per heavy atom. The molecule has 0 saturated heterocycles. The second-order valence-corrected chi connectivity index (χ2v) is 9.02. The number of rotatable bonds is 5. The van der Waals surface area contributed by atoms with Gasteiger partial charge in [-0.15, -0.1) is 11.3 Å². The molecule has 0 fully saturated rings. The number of thiocarbonyl (C=S) groups is 1. The first-order chi connectivity index (χ1) is 14.5. The van der Waals surface area contributed by atoms with Gasteiger partial charge in [0.2, 0.25) is 0 Å². The minimum absolute atomic E-state index is 0.320. The van der Waals surface area contributed by atoms with Crippen molar-refractivity contribution in [3.8, 4) is 0 Å². The minimum Gasteiger partial charge on any atom is -0.465 e. The summed E-state index contributed by atoms with van der Waals surface area (Å²) in [7, 11) is 1.41. The Bertz CT molecular complexity index is 1060. The third-order valence-electron chi connectivity index (χ3n) is 5.20. The summed E-state index contributed by atoms with van der Waals surface area (Å²) in [6, 6.07) is 12.0. The van der Waals surface area contributed by atoms with Crippen molar-refractivity contribution >= 4 is 45.5 Å². The summed E-state index contributed by atoms with van der Waals surface area (Å²) >= 11 is 7.08. The van der Waals surface area contributed by atoms with Crippen LogP contribution in [0.25, 0.3) is 0 Å². The zero-order chi connectivity index (χ0) is 21.1. The van der Waals surface area contributed by atoms with E-state index in [1.165, 1.54) is 17.6 Å². The van der Waals surface area contributed by atoms with Crippen molar-refractivity contribution < 1.29 is 9.53 Å². The van der Waals surface area contributed by atoms with Gasteiger partial charge in [0.15, 0.2) is 10.9 Å². The van der Waals surface area contributed by atoms with Gasteiger partial charge >= 0.3 is 5.97 Å². The number of aromatic nitrogens is 2. The van der Waals surface area contributed by atoms with Gasteiger partial charge in [0.25, 0.3) is 0 Å². The molecule has 30 heavy (non-hydrogen) atoms. The maximum Gasteiger partial charge on any atom is 0.341 e. The van der Waals surface area contributed by atoms with Gasteiger partial charge in [-0.05, 0) is 48.5 Å². The zero-order valence-corrected chi connectivity index (χ0v) is 18.6. The summed E-state index contributed by atoms with van der Waals surface area (Å²) in [5.74, 6) is 0.950. The summed E-state index contributed by atoms with van der Waals surface area (Å²) in [6.45, 7) is 2.93. The van der Waals surface area contributed by atoms with E-state index in [4.69, 9.17) is 17.0 Å². The highest BCUT2D eigenvalue weighted by Crippen LogP contribution is 2.40. The average molecular weight is 441 g/mol. The van der Waals surface area contributed by atoms with E-state index in [-0.39, 0.29) is 5.97 Å². The summed E-state index contributed by atoms with van der Waals surface area (Å²) in [6.07, 6.45) is 4.86. The van der Waals surface area contributed by atoms with E-state index in [9.17, 15) is 4.79 Å². The van der Waals surface area contributed by atoms with Crippen LogP contribution in [0, 0.1) is 5.92 Å². The lowest BCUT2D eigenvalue weighted by molar-refractivity contribution is 0.0601. The molecule has 2 heterocycles. The van der Waals surface area contributed by atoms with E-state index in [2.05, 4.69) is 34.8 Å². The fourth-order valence-electron chi connectivity index (χ4n) is 3.69. The Hall–Kier alpha value is -2.71. The number of hydrogen-bond donors (Lipinski definition) is 2. The Morgan fingerprint density at radius 3 is 2.87 bits per heavy atom. The summed E-state index contributed by atoms with van der Waals surface area (Å²) < 4.78 is 6.89. The highest BCUT2D eigenvalue weighted by molar-refractivity contribution is 7.80. The Morgan fingerprint density at radius 1 is 1.30 bits per heavy atom. The normalized spacial score (nSPS) is 15.3. The topological polar surface area (TPSA) is 68.2 Å². The number of nitrogens with one attached hydrogen (secondary N) is 2. The van der Waals surface area contributed by atoms with Crippen LogP contribution in [0.5, 0.6) is 0 Å². The van der Waals surface area contributed by atoms with Crippen molar-refractivity contribution in [1.29, 1.82) is 0 Å². The van der Waals surface area contributed by atoms with Crippen LogP contribution in [0.2, 0.25) is 0 Å². The fraction of sp³-hybridized carbons (Fsp3) is 0.318. The number of anilines is 2. The van der Waals surface area contributed by atoms with E-state index in [1.807, 2.05) is 35.1 Å². The highest BCUT2D eigenvalue weighted by Gasteiger charge is 2.28. The molecule has 1 atom stereocenters. The van der Waals surface area contributed by atoms with Crippen LogP contribution in [-0.2, 0) is 24.1 Å². The number of carbonyl (C=O) groups is 1. The maximum absolute atomic E-state index is 12.4. The van der Waals surface area contributed by atoms with Crippen LogP contribution < -0.4 is 10.6 Å². The van der Waals surface area contributed by atoms with Gasteiger partial charge in [0.05, 0.1) is 19.2 Å². The van der Waals surface area contributed by atoms with Crippen LogP contribution in [-0.4, -0.2) is 28.0 Å². The molecular formula is C22H24N4O2S2. The molecule has 4 rings (SSSR count). The van der Waals surface area contributed by atoms with Crippen molar-refractivity contribution in [2.45, 2.75) is 32.7 Å². The molecule has 0 amide bonds. The van der Waals surface area contributed by atoms with Crippen LogP contribution in [0.4, 0.5) is 10.8 Å². The molecule has 6 nitrogen and oxygen atoms in total. The zero-order valence-electron chi connectivity index (χ0n) is 17.0. The van der Waals surface area contributed by atoms with Gasteiger partial charge in [-0.2, -0.15) is 5.10 Å². The summed E-state index contributed by atoms with van der Waals surface area (Å²) in [5, 5.41) is 12.0. The summed E-state index contributed by atoms with van der Waals surface area (Å²) in [4.78, 5) is 13.7. The number of ether oxygens (including phenoxy) is 1. The SMILES string of the molecule is COC(=O)c1c(NC(=S)Nc2ccn(Cc3ccccc3)n2)sc2c1CCC(C)C2. The molecule has 1 aliphatic carbocycles. The van der Waals surface area contributed by atoms with E-state index in [1.54, 1.807) is 11.3 Å². The van der Waals surface area contributed by atoms with Crippen molar-refractivity contribution in [2.24, 2.45) is 5.92 Å². The van der Waals surface area contributed by atoms with Crippen molar-refractivity contribution in [1.82, 2.24) is 9.78 Å². The average Bonchev–Trinajstić information content (AvgIpc) is 3.31. The van der Waals surface area contributed by atoms with Crippen LogP contribution in [0.3, 0.4) is 0 Å². The Kier molecular flexibility index (Phi) is 6.15. The molecule has 0 saturated carbocycles. The second-order valence-electron chi connectivity index (χ2n) is 7.51. The highest BCUT2D eigenvalue weighted by atomic mass is 32.1. The van der Waals surface area contributed by atoms with Crippen molar-refractivity contribution in [2.75, 3.05) is 17.7 Å². The molecule has 1 aromatic carbocycles. The number of methoxy groups -OCH3 is 1. The van der Waals surface area contributed by atoms with E-state index < -0.39 is 0 Å². The monoisotopic (exact) mass is 440 g/mol. The minimum atomic E-state index is -0.320. The van der Waals surface area contributed by atoms with Gasteiger partial charge in [0.1, 0.15) is 5.00 Å². The van der Waals surface area contributed by atoms with Gasteiger partial charge in [-0.3, -0.25) is 4.68 Å². The van der Waals surface area contributed by atoms with E-state index >= 15 is 0 Å². The third kappa shape index (κ3) is 4.55. The first-order valence-corrected chi connectivity index (χ1v) is 11.1. The molecule has 2 N–H and O–H groups in total. The van der Waals surface area contributed by atoms with Gasteiger partial charge in [-0.25, -0.2) is 4.79 Å². The number of esters is 1. The van der Waals surface area contributed by atoms with Gasteiger partial charge < -0.3 is 15.4 Å². The quantitative estimate of drug-likeness (QED) is 0.442. The van der Waals surface area contributed by atoms with E-state index in [0.29, 0.717) is 29.0 Å². The Balaban J connectivity index is 1.46. The van der Waals surface area contributed by atoms with Crippen LogP contribution in [0.15, 0.2) is 42.6 Å². The largest absolute Gasteiger partial charge is 0.465 e. The predicted molar refractivity (Wildman–Crippen MR) is 124 cm³/mol. The lowest BCUT2D eigenvalue weighted by Crippen LogP contribution is -2.21. The second kappa shape index (κ2) is 8.97. The number of fused-ring (bicyclic) bond motifs is 1. The first-order valence-electron chi connectivity index (χ1n) is 9.91. The predicted octanol–water partition coefficient (Wildman–Crippen LogP) is 4.71. The van der Waals surface area contributed by atoms with Crippen molar-refractivity contribution in [3.63, 3.8) is 0 Å². The number of thiophene rings is 1. The number of hydrogen-bond acceptors (Lipinski definition) is 5. The summed E-state index contributed by atoms with van der Waals surface area (Å²) in [5.41, 5.74) is 2.89. The maximum atomic E-state index is 12.4. The molecule has 0 radical (unpaired) electrons. The standard InChI is InChI=1S/C22H24N4O2S2/c1-14-8-9-16-17(12-14)30-20(19(16)21(27)28-2)24-22(29)23-18-10-11-26(25-18)13-15-6-4-3-5-7-15/h3-7,10-11,14H,8-9,12-13H2,1-2H3,(H2,23,24,25,29). The van der Waals surface area contributed by atoms with Crippen molar-refractivity contribution in [3.05, 3.63) is 64.2 Å². The lowest BCUT2D eigenvalue weighted by Gasteiger charge is -2.18. The molecule has 2 aromatic heterocycles. The Labute approximate surface area is 185 Å². The molecule has 156 valence electrons. The molecule has 0 aliphatic heterocycles. The molecule has 8 heteroatoms. The number of nitrogens with zero attached hydrogens (tertiary/aromatic N) is 2. The first kappa shape index (κ1) is 20.6. The van der Waals surface area contributed by atoms with Crippen LogP contribution >= 0.6 is 23.6 Å². The molecule has 1 aliphatic rings. The lowest BCUT2D eigenvalue weighted by atomic mass is 9.88. The van der Waals surface area contributed by atoms with Crippen LogP contribution in [0.1, 0.15) is 39.7 Å². The molecular weight excluding hydrogens is 416 g/mol. The van der Waals surface area contributed by atoms with Gasteiger partial charge in [-0.1, -0.05) is 37.3 Å². The van der Waals surface area contributed by atoms with Gasteiger partial charge in [0, 0.05) is 17.1 Å². The smallest absolute Gasteiger partial charge is 0.341 e. The number of benzene rings is 1. The molecule has 0 bridgehead atoms. The number of carbonyl (C=O) groups excluding carboxylic acids is 1. The fourth-order valence-corrected chi connectivity index (χ4v) is 5.37. The third-order valence-corrected chi connectivity index (χ3v) is 6.57. The molecule has 0 spiro atoms. The molecule has 3 aromatic rings. The molecule has 1 unspecified atom stereocenters.